The summed E-state index contributed by atoms with van der Waals surface area (Å²) in [6.45, 7) is 4.97. The number of hydrogen-bond acceptors (Lipinski definition) is 2. The zero-order valence-corrected chi connectivity index (χ0v) is 10.2. The predicted octanol–water partition coefficient (Wildman–Crippen LogP) is 3.50. The summed E-state index contributed by atoms with van der Waals surface area (Å²) in [6, 6.07) is 4.22. The van der Waals surface area contributed by atoms with Gasteiger partial charge in [0, 0.05) is 12.0 Å². The molecule has 104 valence electrons. The van der Waals surface area contributed by atoms with Gasteiger partial charge in [0.25, 0.3) is 0 Å². The predicted molar refractivity (Wildman–Crippen MR) is 62.9 cm³/mol. The first-order valence-corrected chi connectivity index (χ1v) is 5.45. The van der Waals surface area contributed by atoms with Crippen molar-refractivity contribution in [3.8, 4) is 5.75 Å². The van der Waals surface area contributed by atoms with Crippen molar-refractivity contribution in [2.24, 2.45) is 0 Å². The molecule has 1 aromatic carbocycles. The molecule has 0 saturated heterocycles. The maximum atomic E-state index is 12.3. The number of rotatable bonds is 5. The van der Waals surface area contributed by atoms with Gasteiger partial charge in [-0.2, -0.15) is 13.2 Å². The Hall–Kier alpha value is -1.98. The van der Waals surface area contributed by atoms with Crippen molar-refractivity contribution in [1.82, 2.24) is 0 Å². The molecule has 0 fully saturated rings. The van der Waals surface area contributed by atoms with Gasteiger partial charge >= 0.3 is 12.1 Å². The van der Waals surface area contributed by atoms with Crippen molar-refractivity contribution in [3.63, 3.8) is 0 Å². The second kappa shape index (κ2) is 5.77. The van der Waals surface area contributed by atoms with E-state index in [4.69, 9.17) is 9.84 Å². The van der Waals surface area contributed by atoms with Crippen LogP contribution in [0.25, 0.3) is 0 Å². The van der Waals surface area contributed by atoms with Crippen molar-refractivity contribution in [1.29, 1.82) is 0 Å². The summed E-state index contributed by atoms with van der Waals surface area (Å²) in [7, 11) is 0. The zero-order chi connectivity index (χ0) is 14.6. The molecule has 0 saturated carbocycles. The van der Waals surface area contributed by atoms with Crippen LogP contribution in [0.5, 0.6) is 5.75 Å². The van der Waals surface area contributed by atoms with Crippen molar-refractivity contribution >= 4 is 5.97 Å². The highest BCUT2D eigenvalue weighted by atomic mass is 19.4. The Morgan fingerprint density at radius 3 is 2.32 bits per heavy atom. The van der Waals surface area contributed by atoms with E-state index in [1.807, 2.05) is 0 Å². The van der Waals surface area contributed by atoms with Crippen LogP contribution in [0.2, 0.25) is 0 Å². The first-order chi connectivity index (χ1) is 8.70. The minimum absolute atomic E-state index is 0.0144. The highest BCUT2D eigenvalue weighted by Gasteiger charge is 2.30. The van der Waals surface area contributed by atoms with E-state index in [-0.39, 0.29) is 17.7 Å². The standard InChI is InChI=1S/C13H13F3O3/c1-8(12(17)18)7-9(2)19-11-5-3-10(4-6-11)13(14,15)16/h3-6,9H,1,7H2,2H3,(H,17,18). The van der Waals surface area contributed by atoms with Gasteiger partial charge in [-0.05, 0) is 31.2 Å². The third kappa shape index (κ3) is 4.65. The Morgan fingerprint density at radius 1 is 1.37 bits per heavy atom. The van der Waals surface area contributed by atoms with Crippen LogP contribution in [0.1, 0.15) is 18.9 Å². The van der Waals surface area contributed by atoms with Crippen LogP contribution in [0.4, 0.5) is 13.2 Å². The molecule has 1 aromatic rings. The second-order valence-electron chi connectivity index (χ2n) is 4.06. The van der Waals surface area contributed by atoms with Crippen LogP contribution in [0.3, 0.4) is 0 Å². The topological polar surface area (TPSA) is 46.5 Å². The fourth-order valence-electron chi connectivity index (χ4n) is 1.43. The Labute approximate surface area is 108 Å². The summed E-state index contributed by atoms with van der Waals surface area (Å²) >= 11 is 0. The summed E-state index contributed by atoms with van der Waals surface area (Å²) < 4.78 is 42.3. The van der Waals surface area contributed by atoms with Gasteiger partial charge in [-0.3, -0.25) is 0 Å². The number of carboxylic acids is 1. The fourth-order valence-corrected chi connectivity index (χ4v) is 1.43. The van der Waals surface area contributed by atoms with E-state index in [2.05, 4.69) is 6.58 Å². The SMILES string of the molecule is C=C(CC(C)Oc1ccc(C(F)(F)F)cc1)C(=O)O. The van der Waals surface area contributed by atoms with Crippen molar-refractivity contribution < 1.29 is 27.8 Å². The Morgan fingerprint density at radius 2 is 1.89 bits per heavy atom. The molecule has 1 unspecified atom stereocenters. The Kier molecular flexibility index (Phi) is 4.58. The van der Waals surface area contributed by atoms with Crippen LogP contribution in [0, 0.1) is 0 Å². The largest absolute Gasteiger partial charge is 0.490 e. The maximum Gasteiger partial charge on any atom is 0.416 e. The van der Waals surface area contributed by atoms with Gasteiger partial charge in [-0.15, -0.1) is 0 Å². The molecule has 0 spiro atoms. The highest BCUT2D eigenvalue weighted by molar-refractivity contribution is 5.85. The van der Waals surface area contributed by atoms with Gasteiger partial charge in [-0.25, -0.2) is 4.79 Å². The number of hydrogen-bond donors (Lipinski definition) is 1. The van der Waals surface area contributed by atoms with Crippen LogP contribution < -0.4 is 4.74 Å². The molecule has 6 heteroatoms. The smallest absolute Gasteiger partial charge is 0.416 e. The molecule has 0 radical (unpaired) electrons. The number of carbonyl (C=O) groups is 1. The lowest BCUT2D eigenvalue weighted by Crippen LogP contribution is -2.15. The van der Waals surface area contributed by atoms with Gasteiger partial charge in [-0.1, -0.05) is 6.58 Å². The molecule has 0 aliphatic rings. The van der Waals surface area contributed by atoms with Gasteiger partial charge in [0.1, 0.15) is 11.9 Å². The van der Waals surface area contributed by atoms with Crippen molar-refractivity contribution in [2.75, 3.05) is 0 Å². The quantitative estimate of drug-likeness (QED) is 0.836. The first-order valence-electron chi connectivity index (χ1n) is 5.45. The van der Waals surface area contributed by atoms with Gasteiger partial charge in [0.15, 0.2) is 0 Å². The minimum Gasteiger partial charge on any atom is -0.490 e. The first kappa shape index (κ1) is 15.1. The number of aliphatic carboxylic acids is 1. The van der Waals surface area contributed by atoms with Gasteiger partial charge in [0.05, 0.1) is 5.56 Å². The maximum absolute atomic E-state index is 12.3. The third-order valence-corrected chi connectivity index (χ3v) is 2.36. The van der Waals surface area contributed by atoms with E-state index in [1.165, 1.54) is 12.1 Å². The van der Waals surface area contributed by atoms with Crippen LogP contribution in [-0.4, -0.2) is 17.2 Å². The molecule has 3 nitrogen and oxygen atoms in total. The average molecular weight is 274 g/mol. The Bertz CT molecular complexity index is 463. The van der Waals surface area contributed by atoms with E-state index in [0.717, 1.165) is 12.1 Å². The second-order valence-corrected chi connectivity index (χ2v) is 4.06. The van der Waals surface area contributed by atoms with Crippen LogP contribution in [-0.2, 0) is 11.0 Å². The summed E-state index contributed by atoms with van der Waals surface area (Å²) in [4.78, 5) is 10.6. The molecule has 0 aliphatic heterocycles. The van der Waals surface area contributed by atoms with Crippen LogP contribution >= 0.6 is 0 Å². The van der Waals surface area contributed by atoms with Crippen molar-refractivity contribution in [3.05, 3.63) is 42.0 Å². The molecular formula is C13H13F3O3. The zero-order valence-electron chi connectivity index (χ0n) is 10.2. The number of alkyl halides is 3. The van der Waals surface area contributed by atoms with Crippen molar-refractivity contribution in [2.45, 2.75) is 25.6 Å². The summed E-state index contributed by atoms with van der Waals surface area (Å²) in [5.41, 5.74) is -0.776. The number of ether oxygens (including phenoxy) is 1. The summed E-state index contributed by atoms with van der Waals surface area (Å²) in [5.74, 6) is -0.874. The third-order valence-electron chi connectivity index (χ3n) is 2.36. The average Bonchev–Trinajstić information content (AvgIpc) is 2.28. The molecule has 0 heterocycles. The normalized spacial score (nSPS) is 12.8. The number of benzene rings is 1. The van der Waals surface area contributed by atoms with E-state index in [1.54, 1.807) is 6.92 Å². The van der Waals surface area contributed by atoms with E-state index in [9.17, 15) is 18.0 Å². The molecule has 0 amide bonds. The Balaban J connectivity index is 2.63. The van der Waals surface area contributed by atoms with Crippen LogP contribution in [0.15, 0.2) is 36.4 Å². The lowest BCUT2D eigenvalue weighted by atomic mass is 10.1. The molecule has 19 heavy (non-hydrogen) atoms. The molecular weight excluding hydrogens is 261 g/mol. The number of carboxylic acid groups (broad SMARTS) is 1. The molecule has 0 aromatic heterocycles. The number of halogens is 3. The molecule has 1 N–H and O–H groups in total. The molecule has 1 atom stereocenters. The molecule has 0 aliphatic carbocycles. The fraction of sp³-hybridized carbons (Fsp3) is 0.308. The summed E-state index contributed by atoms with van der Waals surface area (Å²) in [6.07, 6.45) is -4.78. The van der Waals surface area contributed by atoms with E-state index >= 15 is 0 Å². The lowest BCUT2D eigenvalue weighted by molar-refractivity contribution is -0.137. The molecule has 1 rings (SSSR count). The molecule has 0 bridgehead atoms. The van der Waals surface area contributed by atoms with E-state index in [0.29, 0.717) is 0 Å². The lowest BCUT2D eigenvalue weighted by Gasteiger charge is -2.15. The minimum atomic E-state index is -4.39. The summed E-state index contributed by atoms with van der Waals surface area (Å²) in [5, 5.41) is 8.64. The van der Waals surface area contributed by atoms with Gasteiger partial charge in [0.2, 0.25) is 0 Å². The monoisotopic (exact) mass is 274 g/mol. The van der Waals surface area contributed by atoms with Gasteiger partial charge < -0.3 is 9.84 Å². The highest BCUT2D eigenvalue weighted by Crippen LogP contribution is 2.30. The van der Waals surface area contributed by atoms with E-state index < -0.39 is 23.8 Å².